The first-order chi connectivity index (χ1) is 18.3. The maximum atomic E-state index is 6.84. The lowest BCUT2D eigenvalue weighted by atomic mass is 9.56. The Morgan fingerprint density at radius 1 is 0.872 bits per heavy atom. The van der Waals surface area contributed by atoms with Gasteiger partial charge < -0.3 is 4.74 Å². The van der Waals surface area contributed by atoms with Gasteiger partial charge in [0.2, 0.25) is 5.72 Å². The van der Waals surface area contributed by atoms with Gasteiger partial charge in [0.05, 0.1) is 0 Å². The zero-order chi connectivity index (χ0) is 28.2. The van der Waals surface area contributed by atoms with Crippen LogP contribution in [0.2, 0.25) is 0 Å². The summed E-state index contributed by atoms with van der Waals surface area (Å²) in [7, 11) is 0. The Morgan fingerprint density at radius 2 is 1.54 bits per heavy atom. The topological polar surface area (TPSA) is 18.0 Å². The number of aryl methyl sites for hydroxylation is 1. The highest BCUT2D eigenvalue weighted by Crippen LogP contribution is 2.64. The van der Waals surface area contributed by atoms with Crippen LogP contribution in [0, 0.1) is 5.41 Å². The van der Waals surface area contributed by atoms with E-state index < -0.39 is 5.72 Å². The molecule has 0 saturated heterocycles. The Kier molecular flexibility index (Phi) is 5.77. The molecule has 0 radical (unpaired) electrons. The zero-order valence-electron chi connectivity index (χ0n) is 26.3. The molecule has 3 heterocycles. The SMILES string of the molecule is CCCCCC1(C)C(C)(C)c2cc3c(cc2C1(C)C)[n+]1c2n3C(CC)(CC)CCc3cccc(c3-2)OC1(C)C. The number of unbranched alkanes of at least 4 members (excludes halogenated alkanes) is 2. The van der Waals surface area contributed by atoms with Crippen LogP contribution < -0.4 is 9.30 Å². The van der Waals surface area contributed by atoms with Crippen LogP contribution in [0.4, 0.5) is 0 Å². The van der Waals surface area contributed by atoms with E-state index >= 15 is 0 Å². The first-order valence-electron chi connectivity index (χ1n) is 15.8. The van der Waals surface area contributed by atoms with Gasteiger partial charge in [-0.15, -0.1) is 0 Å². The van der Waals surface area contributed by atoms with Gasteiger partial charge in [-0.05, 0) is 83.2 Å². The van der Waals surface area contributed by atoms with Crippen molar-refractivity contribution in [3.8, 4) is 17.1 Å². The van der Waals surface area contributed by atoms with E-state index in [4.69, 9.17) is 4.74 Å². The predicted octanol–water partition coefficient (Wildman–Crippen LogP) is 9.30. The fourth-order valence-electron chi connectivity index (χ4n) is 9.11. The molecule has 3 nitrogen and oxygen atoms in total. The van der Waals surface area contributed by atoms with Crippen LogP contribution in [-0.2, 0) is 28.5 Å². The average Bonchev–Trinajstić information content (AvgIpc) is 3.21. The Hall–Kier alpha value is -2.29. The van der Waals surface area contributed by atoms with Crippen LogP contribution in [0.1, 0.15) is 131 Å². The normalized spacial score (nSPS) is 24.7. The first kappa shape index (κ1) is 26.9. The van der Waals surface area contributed by atoms with Crippen molar-refractivity contribution in [3.05, 3.63) is 47.0 Å². The molecule has 0 saturated carbocycles. The van der Waals surface area contributed by atoms with E-state index in [0.717, 1.165) is 31.4 Å². The van der Waals surface area contributed by atoms with Crippen molar-refractivity contribution in [3.63, 3.8) is 0 Å². The number of ether oxygens (including phenoxy) is 1. The highest BCUT2D eigenvalue weighted by molar-refractivity contribution is 5.83. The Labute approximate surface area is 237 Å². The van der Waals surface area contributed by atoms with Gasteiger partial charge in [-0.2, -0.15) is 4.57 Å². The highest BCUT2D eigenvalue weighted by atomic mass is 16.5. The van der Waals surface area contributed by atoms with Crippen LogP contribution in [0.5, 0.6) is 5.75 Å². The molecule has 1 aliphatic carbocycles. The molecule has 2 aromatic carbocycles. The Bertz CT molecular complexity index is 1470. The number of hydrogen-bond donors (Lipinski definition) is 0. The summed E-state index contributed by atoms with van der Waals surface area (Å²) in [5.74, 6) is 2.40. The van der Waals surface area contributed by atoms with Gasteiger partial charge in [0.15, 0.2) is 11.0 Å². The summed E-state index contributed by atoms with van der Waals surface area (Å²) in [5.41, 5.74) is 8.55. The smallest absolute Gasteiger partial charge is 0.297 e. The summed E-state index contributed by atoms with van der Waals surface area (Å²) in [6.45, 7) is 24.3. The summed E-state index contributed by atoms with van der Waals surface area (Å²) in [6.07, 6.45) is 9.68. The summed E-state index contributed by atoms with van der Waals surface area (Å²) in [5, 5.41) is 0. The quantitative estimate of drug-likeness (QED) is 0.231. The molecule has 210 valence electrons. The van der Waals surface area contributed by atoms with Gasteiger partial charge in [0, 0.05) is 13.8 Å². The van der Waals surface area contributed by atoms with Gasteiger partial charge in [-0.1, -0.05) is 86.8 Å². The highest BCUT2D eigenvalue weighted by Gasteiger charge is 2.60. The van der Waals surface area contributed by atoms with Gasteiger partial charge in [-0.3, -0.25) is 0 Å². The van der Waals surface area contributed by atoms with E-state index in [0.29, 0.717) is 0 Å². The molecule has 3 heteroatoms. The maximum Gasteiger partial charge on any atom is 0.297 e. The fraction of sp³-hybridized carbons (Fsp3) is 0.639. The van der Waals surface area contributed by atoms with E-state index in [9.17, 15) is 0 Å². The second-order valence-corrected chi connectivity index (χ2v) is 14.7. The van der Waals surface area contributed by atoms with Crippen molar-refractivity contribution in [1.82, 2.24) is 4.57 Å². The second-order valence-electron chi connectivity index (χ2n) is 14.7. The number of benzene rings is 2. The second kappa shape index (κ2) is 8.37. The zero-order valence-corrected chi connectivity index (χ0v) is 26.3. The number of fused-ring (bicyclic) bond motifs is 4. The molecule has 0 fully saturated rings. The fourth-order valence-corrected chi connectivity index (χ4v) is 9.11. The van der Waals surface area contributed by atoms with E-state index in [1.165, 1.54) is 59.2 Å². The standard InChI is InChI=1S/C36H51N2O/c1-11-14-15-20-35(10)32(4,5)25-22-27-28(23-26(25)33(35,6)7)38-31-30-24(19-21-36(38,12-2)13-3)17-16-18-29(30)39-34(8,9)37(27)31/h16-18,22-23H,11-15,19-21H2,1-10H3/q+1. The molecule has 0 amide bonds. The summed E-state index contributed by atoms with van der Waals surface area (Å²) in [4.78, 5) is 0. The lowest BCUT2D eigenvalue weighted by molar-refractivity contribution is -0.765. The van der Waals surface area contributed by atoms with Crippen molar-refractivity contribution in [2.75, 3.05) is 0 Å². The minimum Gasteiger partial charge on any atom is -0.449 e. The molecule has 0 bridgehead atoms. The van der Waals surface area contributed by atoms with Crippen LogP contribution in [-0.4, -0.2) is 4.57 Å². The van der Waals surface area contributed by atoms with Crippen molar-refractivity contribution >= 4 is 11.0 Å². The van der Waals surface area contributed by atoms with Crippen molar-refractivity contribution in [2.45, 2.75) is 143 Å². The molecule has 2 aliphatic heterocycles. The lowest BCUT2D eigenvalue weighted by Gasteiger charge is -2.48. The largest absolute Gasteiger partial charge is 0.449 e. The van der Waals surface area contributed by atoms with E-state index in [1.54, 1.807) is 5.56 Å². The third-order valence-corrected chi connectivity index (χ3v) is 12.3. The molecule has 3 aromatic rings. The summed E-state index contributed by atoms with van der Waals surface area (Å²) in [6, 6.07) is 11.9. The number of hydrogen-bond acceptors (Lipinski definition) is 1. The van der Waals surface area contributed by atoms with Crippen LogP contribution in [0.15, 0.2) is 30.3 Å². The molecule has 3 aliphatic rings. The van der Waals surface area contributed by atoms with Crippen LogP contribution >= 0.6 is 0 Å². The lowest BCUT2D eigenvalue weighted by Crippen LogP contribution is -2.59. The molecule has 1 aromatic heterocycles. The molecule has 39 heavy (non-hydrogen) atoms. The third-order valence-electron chi connectivity index (χ3n) is 12.3. The van der Waals surface area contributed by atoms with Crippen LogP contribution in [0.25, 0.3) is 22.4 Å². The van der Waals surface area contributed by atoms with E-state index in [1.807, 2.05) is 0 Å². The number of imidazole rings is 1. The minimum atomic E-state index is -0.473. The number of aromatic nitrogens is 2. The van der Waals surface area contributed by atoms with Gasteiger partial charge in [0.1, 0.15) is 16.9 Å². The molecular weight excluding hydrogens is 476 g/mol. The number of nitrogens with zero attached hydrogens (tertiary/aromatic N) is 2. The average molecular weight is 528 g/mol. The van der Waals surface area contributed by atoms with Crippen molar-refractivity contribution in [2.24, 2.45) is 5.41 Å². The van der Waals surface area contributed by atoms with Gasteiger partial charge in [0.25, 0.3) is 5.82 Å². The summed E-state index contributed by atoms with van der Waals surface area (Å²) >= 11 is 0. The van der Waals surface area contributed by atoms with E-state index in [-0.39, 0.29) is 21.8 Å². The number of rotatable bonds is 6. The predicted molar refractivity (Wildman–Crippen MR) is 163 cm³/mol. The summed E-state index contributed by atoms with van der Waals surface area (Å²) < 4.78 is 12.2. The third kappa shape index (κ3) is 3.19. The van der Waals surface area contributed by atoms with Gasteiger partial charge in [-0.25, -0.2) is 4.57 Å². The molecule has 0 N–H and O–H groups in total. The van der Waals surface area contributed by atoms with Crippen molar-refractivity contribution in [1.29, 1.82) is 0 Å². The Balaban J connectivity index is 1.73. The molecule has 1 atom stereocenters. The monoisotopic (exact) mass is 527 g/mol. The molecule has 0 spiro atoms. The maximum absolute atomic E-state index is 6.84. The Morgan fingerprint density at radius 3 is 2.18 bits per heavy atom. The van der Waals surface area contributed by atoms with E-state index in [2.05, 4.69) is 109 Å². The first-order valence-corrected chi connectivity index (χ1v) is 15.8. The van der Waals surface area contributed by atoms with Crippen LogP contribution in [0.3, 0.4) is 0 Å². The van der Waals surface area contributed by atoms with Crippen molar-refractivity contribution < 1.29 is 9.30 Å². The molecular formula is C36H51N2O+. The molecule has 1 unspecified atom stereocenters. The minimum absolute atomic E-state index is 0.0791. The molecule has 6 rings (SSSR count). The van der Waals surface area contributed by atoms with Gasteiger partial charge >= 0.3 is 0 Å².